The highest BCUT2D eigenvalue weighted by Crippen LogP contribution is 2.25. The predicted molar refractivity (Wildman–Crippen MR) is 73.1 cm³/mol. The van der Waals surface area contributed by atoms with Gasteiger partial charge in [0, 0.05) is 28.2 Å². The summed E-state index contributed by atoms with van der Waals surface area (Å²) in [6.07, 6.45) is 2.42. The lowest BCUT2D eigenvalue weighted by Gasteiger charge is -2.03. The molecule has 0 radical (unpaired) electrons. The van der Waals surface area contributed by atoms with Crippen LogP contribution in [0.2, 0.25) is 0 Å². The van der Waals surface area contributed by atoms with Crippen molar-refractivity contribution in [2.24, 2.45) is 0 Å². The van der Waals surface area contributed by atoms with Crippen LogP contribution in [0.1, 0.15) is 34.5 Å². The first-order chi connectivity index (χ1) is 8.66. The number of aryl methyl sites for hydroxylation is 2. The second kappa shape index (κ2) is 4.25. The van der Waals surface area contributed by atoms with Crippen molar-refractivity contribution in [3.63, 3.8) is 0 Å². The first kappa shape index (κ1) is 11.5. The van der Waals surface area contributed by atoms with Gasteiger partial charge >= 0.3 is 0 Å². The molecule has 0 aliphatic heterocycles. The molecule has 0 bridgehead atoms. The molecule has 1 aromatic carbocycles. The van der Waals surface area contributed by atoms with Crippen molar-refractivity contribution in [3.05, 3.63) is 35.0 Å². The predicted octanol–water partition coefficient (Wildman–Crippen LogP) is 2.72. The number of H-pyrrole nitrogens is 1. The number of carbonyl (C=O) groups excluding carboxylic acids is 1. The molecule has 1 aromatic heterocycles. The molecular formula is C15H18N2O. The van der Waals surface area contributed by atoms with E-state index in [-0.39, 0.29) is 5.78 Å². The molecule has 3 nitrogen and oxygen atoms in total. The summed E-state index contributed by atoms with van der Waals surface area (Å²) in [5.41, 5.74) is 4.10. The van der Waals surface area contributed by atoms with Gasteiger partial charge < -0.3 is 10.3 Å². The lowest BCUT2D eigenvalue weighted by molar-refractivity contribution is 0.0991. The second-order valence-electron chi connectivity index (χ2n) is 5.20. The Kier molecular flexibility index (Phi) is 2.71. The third kappa shape index (κ3) is 1.95. The minimum Gasteiger partial charge on any atom is -0.358 e. The Morgan fingerprint density at radius 2 is 2.17 bits per heavy atom. The summed E-state index contributed by atoms with van der Waals surface area (Å²) in [6, 6.07) is 6.67. The normalized spacial score (nSPS) is 15.2. The number of hydrogen-bond donors (Lipinski definition) is 2. The highest BCUT2D eigenvalue weighted by molar-refractivity contribution is 6.10. The van der Waals surface area contributed by atoms with Crippen LogP contribution < -0.4 is 5.32 Å². The Labute approximate surface area is 107 Å². The summed E-state index contributed by atoms with van der Waals surface area (Å²) in [5.74, 6) is 0.191. The number of benzene rings is 1. The maximum Gasteiger partial charge on any atom is 0.179 e. The molecular weight excluding hydrogens is 224 g/mol. The summed E-state index contributed by atoms with van der Waals surface area (Å²) in [5, 5.41) is 4.34. The van der Waals surface area contributed by atoms with Crippen molar-refractivity contribution < 1.29 is 4.79 Å². The molecule has 3 rings (SSSR count). The van der Waals surface area contributed by atoms with E-state index < -0.39 is 0 Å². The molecule has 1 aliphatic rings. The number of para-hydroxylation sites is 1. The largest absolute Gasteiger partial charge is 0.358 e. The van der Waals surface area contributed by atoms with E-state index in [0.29, 0.717) is 12.6 Å². The monoisotopic (exact) mass is 242 g/mol. The highest BCUT2D eigenvalue weighted by Gasteiger charge is 2.23. The summed E-state index contributed by atoms with van der Waals surface area (Å²) in [4.78, 5) is 15.6. The molecule has 2 aromatic rings. The van der Waals surface area contributed by atoms with E-state index >= 15 is 0 Å². The Bertz CT molecular complexity index is 608. The van der Waals surface area contributed by atoms with Gasteiger partial charge in [0.15, 0.2) is 5.78 Å². The molecule has 94 valence electrons. The van der Waals surface area contributed by atoms with Crippen LogP contribution in [0.15, 0.2) is 18.2 Å². The van der Waals surface area contributed by atoms with Gasteiger partial charge in [-0.25, -0.2) is 0 Å². The van der Waals surface area contributed by atoms with Crippen LogP contribution in [-0.2, 0) is 0 Å². The van der Waals surface area contributed by atoms with Crippen molar-refractivity contribution in [2.45, 2.75) is 32.7 Å². The molecule has 1 aliphatic carbocycles. The molecule has 1 fully saturated rings. The molecule has 1 heterocycles. The number of nitrogens with one attached hydrogen (secondary N) is 2. The topological polar surface area (TPSA) is 44.9 Å². The first-order valence-electron chi connectivity index (χ1n) is 6.51. The fourth-order valence-electron chi connectivity index (χ4n) is 2.47. The van der Waals surface area contributed by atoms with Gasteiger partial charge in [-0.05, 0) is 32.3 Å². The minimum atomic E-state index is 0.191. The van der Waals surface area contributed by atoms with Crippen LogP contribution in [0.25, 0.3) is 10.9 Å². The minimum absolute atomic E-state index is 0.191. The Morgan fingerprint density at radius 3 is 2.89 bits per heavy atom. The van der Waals surface area contributed by atoms with Gasteiger partial charge in [-0.3, -0.25) is 4.79 Å². The molecule has 0 unspecified atom stereocenters. The standard InChI is InChI=1S/C15H18N2O/c1-9-4-3-5-12-14(10(2)17-15(9)12)13(18)8-16-11-6-7-11/h3-5,11,16-17H,6-8H2,1-2H3. The van der Waals surface area contributed by atoms with Crippen molar-refractivity contribution in [1.29, 1.82) is 0 Å². The number of aromatic amines is 1. The summed E-state index contributed by atoms with van der Waals surface area (Å²) < 4.78 is 0. The van der Waals surface area contributed by atoms with Crippen LogP contribution >= 0.6 is 0 Å². The molecule has 0 amide bonds. The van der Waals surface area contributed by atoms with Gasteiger partial charge in [0.05, 0.1) is 6.54 Å². The van der Waals surface area contributed by atoms with Crippen LogP contribution in [0.3, 0.4) is 0 Å². The van der Waals surface area contributed by atoms with Crippen LogP contribution in [0, 0.1) is 13.8 Å². The van der Waals surface area contributed by atoms with E-state index in [0.717, 1.165) is 22.2 Å². The maximum atomic E-state index is 12.3. The fourth-order valence-corrected chi connectivity index (χ4v) is 2.47. The van der Waals surface area contributed by atoms with E-state index in [1.54, 1.807) is 0 Å². The molecule has 2 N–H and O–H groups in total. The van der Waals surface area contributed by atoms with E-state index in [2.05, 4.69) is 23.3 Å². The second-order valence-corrected chi connectivity index (χ2v) is 5.20. The number of ketones is 1. The van der Waals surface area contributed by atoms with Crippen molar-refractivity contribution in [2.75, 3.05) is 6.54 Å². The van der Waals surface area contributed by atoms with Crippen LogP contribution in [0.4, 0.5) is 0 Å². The third-order valence-electron chi connectivity index (χ3n) is 3.64. The average molecular weight is 242 g/mol. The first-order valence-corrected chi connectivity index (χ1v) is 6.51. The van der Waals surface area contributed by atoms with Crippen LogP contribution in [0.5, 0.6) is 0 Å². The fraction of sp³-hybridized carbons (Fsp3) is 0.400. The van der Waals surface area contributed by atoms with Gasteiger partial charge in [0.2, 0.25) is 0 Å². The quantitative estimate of drug-likeness (QED) is 0.810. The van der Waals surface area contributed by atoms with Gasteiger partial charge in [-0.15, -0.1) is 0 Å². The zero-order chi connectivity index (χ0) is 12.7. The molecule has 0 spiro atoms. The SMILES string of the molecule is Cc1[nH]c2c(C)cccc2c1C(=O)CNC1CC1. The molecule has 0 saturated heterocycles. The number of hydrogen-bond acceptors (Lipinski definition) is 2. The number of fused-ring (bicyclic) bond motifs is 1. The lowest BCUT2D eigenvalue weighted by atomic mass is 10.0. The molecule has 1 saturated carbocycles. The highest BCUT2D eigenvalue weighted by atomic mass is 16.1. The number of carbonyl (C=O) groups is 1. The van der Waals surface area contributed by atoms with E-state index in [4.69, 9.17) is 0 Å². The van der Waals surface area contributed by atoms with Crippen molar-refractivity contribution in [1.82, 2.24) is 10.3 Å². The molecule has 18 heavy (non-hydrogen) atoms. The summed E-state index contributed by atoms with van der Waals surface area (Å²) in [7, 11) is 0. The number of rotatable bonds is 4. The number of aromatic nitrogens is 1. The van der Waals surface area contributed by atoms with Gasteiger partial charge in [-0.1, -0.05) is 18.2 Å². The van der Waals surface area contributed by atoms with Crippen molar-refractivity contribution in [3.8, 4) is 0 Å². The average Bonchev–Trinajstić information content (AvgIpc) is 3.09. The van der Waals surface area contributed by atoms with E-state index in [1.807, 2.05) is 19.1 Å². The zero-order valence-electron chi connectivity index (χ0n) is 10.8. The lowest BCUT2D eigenvalue weighted by Crippen LogP contribution is -2.25. The number of Topliss-reactive ketones (excluding diaryl/α,β-unsaturated/α-hetero) is 1. The molecule has 3 heteroatoms. The maximum absolute atomic E-state index is 12.3. The Hall–Kier alpha value is -1.61. The third-order valence-corrected chi connectivity index (χ3v) is 3.64. The van der Waals surface area contributed by atoms with Crippen molar-refractivity contribution >= 4 is 16.7 Å². The summed E-state index contributed by atoms with van der Waals surface area (Å²) >= 11 is 0. The Morgan fingerprint density at radius 1 is 1.39 bits per heavy atom. The van der Waals surface area contributed by atoms with Gasteiger partial charge in [0.25, 0.3) is 0 Å². The van der Waals surface area contributed by atoms with Gasteiger partial charge in [0.1, 0.15) is 0 Å². The van der Waals surface area contributed by atoms with Gasteiger partial charge in [-0.2, -0.15) is 0 Å². The Balaban J connectivity index is 1.96. The van der Waals surface area contributed by atoms with E-state index in [1.165, 1.54) is 18.4 Å². The molecule has 0 atom stereocenters. The smallest absolute Gasteiger partial charge is 0.179 e. The van der Waals surface area contributed by atoms with E-state index in [9.17, 15) is 4.79 Å². The van der Waals surface area contributed by atoms with Crippen LogP contribution in [-0.4, -0.2) is 23.4 Å². The summed E-state index contributed by atoms with van der Waals surface area (Å²) in [6.45, 7) is 4.49. The zero-order valence-corrected chi connectivity index (χ0v) is 10.8.